The second-order valence-electron chi connectivity index (χ2n) is 2.47. The van der Waals surface area contributed by atoms with Crippen molar-refractivity contribution in [1.29, 1.82) is 0 Å². The molecule has 1 aliphatic rings. The van der Waals surface area contributed by atoms with Crippen molar-refractivity contribution >= 4 is 23.6 Å². The maximum atomic E-state index is 11.1. The van der Waals surface area contributed by atoms with Crippen LogP contribution in [0.1, 0.15) is 13.3 Å². The summed E-state index contributed by atoms with van der Waals surface area (Å²) in [4.78, 5) is 22.1. The average Bonchev–Trinajstić information content (AvgIpc) is 2.30. The van der Waals surface area contributed by atoms with Gasteiger partial charge in [-0.3, -0.25) is 9.59 Å². The van der Waals surface area contributed by atoms with E-state index in [0.29, 0.717) is 11.6 Å². The third kappa shape index (κ3) is 3.84. The molecular formula is C8H10NO3SW-. The van der Waals surface area contributed by atoms with E-state index in [4.69, 9.17) is 11.3 Å². The van der Waals surface area contributed by atoms with Crippen LogP contribution in [0.15, 0.2) is 5.03 Å². The van der Waals surface area contributed by atoms with Crippen LogP contribution < -0.4 is 5.32 Å². The Morgan fingerprint density at radius 1 is 1.71 bits per heavy atom. The maximum Gasteiger partial charge on any atom is 0.307 e. The molecule has 1 unspecified atom stereocenters. The number of nitrogens with one attached hydrogen (secondary N) is 1. The van der Waals surface area contributed by atoms with E-state index in [0.717, 1.165) is 11.8 Å². The number of amides is 1. The summed E-state index contributed by atoms with van der Waals surface area (Å²) in [5.74, 6) is -0.597. The molecule has 1 fully saturated rings. The van der Waals surface area contributed by atoms with E-state index >= 15 is 0 Å². The summed E-state index contributed by atoms with van der Waals surface area (Å²) in [6, 6.07) is 0. The van der Waals surface area contributed by atoms with Crippen molar-refractivity contribution in [2.24, 2.45) is 0 Å². The Morgan fingerprint density at radius 2 is 2.36 bits per heavy atom. The van der Waals surface area contributed by atoms with Crippen LogP contribution in [0.4, 0.5) is 0 Å². The Balaban J connectivity index is 0.00000169. The molecule has 1 heterocycles. The van der Waals surface area contributed by atoms with Gasteiger partial charge in [-0.2, -0.15) is 0 Å². The van der Waals surface area contributed by atoms with Crippen LogP contribution in [-0.4, -0.2) is 23.7 Å². The number of carbonyl (C=O) groups excluding carboxylic acids is 2. The molecule has 1 rings (SSSR count). The van der Waals surface area contributed by atoms with E-state index in [1.165, 1.54) is 0 Å². The minimum Gasteiger partial charge on any atom is -0.482 e. The van der Waals surface area contributed by atoms with Gasteiger partial charge in [0.2, 0.25) is 5.91 Å². The van der Waals surface area contributed by atoms with E-state index < -0.39 is 5.25 Å². The minimum atomic E-state index is -0.431. The van der Waals surface area contributed by atoms with Crippen LogP contribution in [0.3, 0.4) is 0 Å². The second-order valence-corrected chi connectivity index (χ2v) is 3.71. The zero-order valence-electron chi connectivity index (χ0n) is 7.61. The summed E-state index contributed by atoms with van der Waals surface area (Å²) in [6.45, 7) is 7.41. The van der Waals surface area contributed by atoms with Crippen molar-refractivity contribution in [2.45, 2.75) is 18.6 Å². The van der Waals surface area contributed by atoms with Gasteiger partial charge >= 0.3 is 5.97 Å². The summed E-state index contributed by atoms with van der Waals surface area (Å²) >= 11 is 1.16. The zero-order valence-corrected chi connectivity index (χ0v) is 11.4. The van der Waals surface area contributed by atoms with Gasteiger partial charge in [0.15, 0.2) is 0 Å². The first kappa shape index (κ1) is 13.7. The van der Waals surface area contributed by atoms with Crippen molar-refractivity contribution in [1.82, 2.24) is 5.32 Å². The molecule has 0 aromatic carbocycles. The molecule has 14 heavy (non-hydrogen) atoms. The predicted molar refractivity (Wildman–Crippen MR) is 48.6 cm³/mol. The summed E-state index contributed by atoms with van der Waals surface area (Å²) in [5.41, 5.74) is 0. The Kier molecular flexibility index (Phi) is 6.12. The molecule has 0 aromatic heterocycles. The van der Waals surface area contributed by atoms with Gasteiger partial charge in [0, 0.05) is 21.1 Å². The molecule has 0 aromatic rings. The Labute approximate surface area is 101 Å². The first-order chi connectivity index (χ1) is 6.13. The Hall–Kier alpha value is -0.282. The van der Waals surface area contributed by atoms with Crippen molar-refractivity contribution < 1.29 is 35.4 Å². The van der Waals surface area contributed by atoms with Gasteiger partial charge in [-0.15, -0.1) is 16.8 Å². The molecule has 1 atom stereocenters. The quantitative estimate of drug-likeness (QED) is 0.567. The van der Waals surface area contributed by atoms with E-state index in [2.05, 4.69) is 5.32 Å². The van der Waals surface area contributed by atoms with Gasteiger partial charge in [-0.05, 0) is 6.92 Å². The van der Waals surface area contributed by atoms with E-state index in [1.807, 2.05) is 0 Å². The van der Waals surface area contributed by atoms with Crippen LogP contribution in [-0.2, 0) is 35.4 Å². The molecule has 1 amide bonds. The second kappa shape index (κ2) is 6.25. The largest absolute Gasteiger partial charge is 0.482 e. The minimum absolute atomic E-state index is 0. The number of rotatable bonds is 3. The van der Waals surface area contributed by atoms with Gasteiger partial charge in [-0.1, -0.05) is 0 Å². The number of hydrogen-bond acceptors (Lipinski definition) is 4. The summed E-state index contributed by atoms with van der Waals surface area (Å²) in [5, 5.41) is 2.34. The molecule has 4 nitrogen and oxygen atoms in total. The maximum absolute atomic E-state index is 11.1. The molecule has 0 saturated carbocycles. The monoisotopic (exact) mass is 384 g/mol. The molecule has 0 aliphatic carbocycles. The number of ether oxygens (including phenoxy) is 1. The fourth-order valence-corrected chi connectivity index (χ4v) is 1.80. The van der Waals surface area contributed by atoms with Gasteiger partial charge in [0.25, 0.3) is 0 Å². The van der Waals surface area contributed by atoms with Crippen LogP contribution in [0.25, 0.3) is 0 Å². The standard InChI is InChI=1S/C8H10NO3S.W/c1-3-12-7(10)4-6-8(11)9-5(2)13-6;/h2,6H,3-4H2,1H3,(H,9,11);/q-1;. The first-order valence-electron chi connectivity index (χ1n) is 3.89. The van der Waals surface area contributed by atoms with E-state index in [1.54, 1.807) is 6.92 Å². The Morgan fingerprint density at radius 3 is 2.79 bits per heavy atom. The van der Waals surface area contributed by atoms with E-state index in [-0.39, 0.29) is 39.4 Å². The Bertz CT molecular complexity index is 257. The van der Waals surface area contributed by atoms with Crippen LogP contribution >= 0.6 is 11.8 Å². The fraction of sp³-hybridized carbons (Fsp3) is 0.500. The predicted octanol–water partition coefficient (Wildman–Crippen LogP) is 0.443. The van der Waals surface area contributed by atoms with Gasteiger partial charge in [-0.25, -0.2) is 0 Å². The fourth-order valence-electron chi connectivity index (χ4n) is 0.944. The summed E-state index contributed by atoms with van der Waals surface area (Å²) in [6.07, 6.45) is 0.0744. The third-order valence-electron chi connectivity index (χ3n) is 1.47. The summed E-state index contributed by atoms with van der Waals surface area (Å²) < 4.78 is 4.71. The molecular weight excluding hydrogens is 374 g/mol. The molecule has 6 heteroatoms. The van der Waals surface area contributed by atoms with Crippen LogP contribution in [0, 0.1) is 6.58 Å². The number of thioether (sulfide) groups is 1. The number of hydrogen-bond donors (Lipinski definition) is 1. The first-order valence-corrected chi connectivity index (χ1v) is 4.77. The smallest absolute Gasteiger partial charge is 0.307 e. The molecule has 1 saturated heterocycles. The molecule has 0 spiro atoms. The van der Waals surface area contributed by atoms with Crippen molar-refractivity contribution in [3.8, 4) is 0 Å². The van der Waals surface area contributed by atoms with Crippen molar-refractivity contribution in [2.75, 3.05) is 6.61 Å². The molecule has 1 aliphatic heterocycles. The molecule has 78 valence electrons. The van der Waals surface area contributed by atoms with Gasteiger partial charge in [0.05, 0.1) is 18.3 Å². The van der Waals surface area contributed by atoms with Crippen molar-refractivity contribution in [3.05, 3.63) is 11.6 Å². The average molecular weight is 384 g/mol. The van der Waals surface area contributed by atoms with Crippen LogP contribution in [0.2, 0.25) is 0 Å². The zero-order chi connectivity index (χ0) is 9.84. The van der Waals surface area contributed by atoms with Crippen molar-refractivity contribution in [3.63, 3.8) is 0 Å². The van der Waals surface area contributed by atoms with Gasteiger partial charge < -0.3 is 16.6 Å². The molecule has 1 N–H and O–H groups in total. The summed E-state index contributed by atoms with van der Waals surface area (Å²) in [7, 11) is 0. The topological polar surface area (TPSA) is 55.4 Å². The molecule has 0 bridgehead atoms. The number of carbonyl (C=O) groups is 2. The van der Waals surface area contributed by atoms with Crippen LogP contribution in [0.5, 0.6) is 0 Å². The number of esters is 1. The third-order valence-corrected chi connectivity index (χ3v) is 2.49. The molecule has 0 radical (unpaired) electrons. The van der Waals surface area contributed by atoms with E-state index in [9.17, 15) is 9.59 Å². The SMILES string of the molecule is [CH-]=C1NC(=O)C(CC(=O)OCC)S1.[W]. The van der Waals surface area contributed by atoms with Gasteiger partial charge in [0.1, 0.15) is 0 Å². The normalized spacial score (nSPS) is 19.9.